The molecule has 0 atom stereocenters. The lowest BCUT2D eigenvalue weighted by molar-refractivity contribution is -0.134. The molecule has 2 rings (SSSR count). The van der Waals surface area contributed by atoms with Crippen molar-refractivity contribution in [2.45, 2.75) is 65.0 Å². The van der Waals surface area contributed by atoms with E-state index in [1.807, 2.05) is 6.92 Å². The molecule has 18 heavy (non-hydrogen) atoms. The lowest BCUT2D eigenvalue weighted by Gasteiger charge is -2.39. The molecule has 3 heteroatoms. The fourth-order valence-corrected chi connectivity index (χ4v) is 3.14. The molecule has 1 heterocycles. The molecule has 1 aliphatic carbocycles. The lowest BCUT2D eigenvalue weighted by atomic mass is 10.0. The minimum Gasteiger partial charge on any atom is -0.337 e. The zero-order valence-corrected chi connectivity index (χ0v) is 12.2. The van der Waals surface area contributed by atoms with Crippen LogP contribution in [0.5, 0.6) is 0 Å². The number of hydrogen-bond acceptors (Lipinski definition) is 2. The third-order valence-electron chi connectivity index (χ3n) is 4.10. The van der Waals surface area contributed by atoms with Gasteiger partial charge in [0.05, 0.1) is 0 Å². The van der Waals surface area contributed by atoms with Crippen molar-refractivity contribution in [1.29, 1.82) is 0 Å². The Kier molecular flexibility index (Phi) is 4.66. The van der Waals surface area contributed by atoms with E-state index in [-0.39, 0.29) is 0 Å². The number of piperidine rings is 1. The van der Waals surface area contributed by atoms with Gasteiger partial charge in [-0.25, -0.2) is 0 Å². The Morgan fingerprint density at radius 1 is 1.17 bits per heavy atom. The van der Waals surface area contributed by atoms with Gasteiger partial charge in [-0.2, -0.15) is 0 Å². The molecule has 0 aromatic carbocycles. The van der Waals surface area contributed by atoms with E-state index in [1.54, 1.807) is 0 Å². The zero-order valence-electron chi connectivity index (χ0n) is 12.2. The third kappa shape index (κ3) is 3.47. The number of likely N-dealkylation sites (tertiary alicyclic amines) is 1. The predicted molar refractivity (Wildman–Crippen MR) is 74.5 cm³/mol. The van der Waals surface area contributed by atoms with Gasteiger partial charge < -0.3 is 9.80 Å². The summed E-state index contributed by atoms with van der Waals surface area (Å²) in [7, 11) is 0. The van der Waals surface area contributed by atoms with Crippen molar-refractivity contribution >= 4 is 5.91 Å². The molecule has 1 amide bonds. The first-order valence-electron chi connectivity index (χ1n) is 7.65. The summed E-state index contributed by atoms with van der Waals surface area (Å²) < 4.78 is 0. The highest BCUT2D eigenvalue weighted by molar-refractivity contribution is 5.76. The van der Waals surface area contributed by atoms with Gasteiger partial charge in [0.2, 0.25) is 5.91 Å². The van der Waals surface area contributed by atoms with Gasteiger partial charge in [-0.1, -0.05) is 20.8 Å². The van der Waals surface area contributed by atoms with E-state index in [9.17, 15) is 4.79 Å². The molecule has 2 aliphatic rings. The molecule has 0 aromatic heterocycles. The molecule has 1 saturated heterocycles. The summed E-state index contributed by atoms with van der Waals surface area (Å²) in [6, 6.07) is 1.10. The molecule has 2 fully saturated rings. The quantitative estimate of drug-likeness (QED) is 0.750. The summed E-state index contributed by atoms with van der Waals surface area (Å²) in [5.41, 5.74) is 0. The van der Waals surface area contributed by atoms with Gasteiger partial charge in [-0.05, 0) is 31.6 Å². The monoisotopic (exact) mass is 252 g/mol. The van der Waals surface area contributed by atoms with Crippen molar-refractivity contribution in [2.24, 2.45) is 5.92 Å². The summed E-state index contributed by atoms with van der Waals surface area (Å²) >= 11 is 0. The van der Waals surface area contributed by atoms with Crippen LogP contribution in [0.25, 0.3) is 0 Å². The number of rotatable bonds is 5. The molecule has 0 unspecified atom stereocenters. The van der Waals surface area contributed by atoms with E-state index in [0.717, 1.165) is 5.92 Å². The number of amides is 1. The van der Waals surface area contributed by atoms with Crippen LogP contribution in [0.1, 0.15) is 52.9 Å². The first-order chi connectivity index (χ1) is 8.61. The second kappa shape index (κ2) is 6.05. The van der Waals surface area contributed by atoms with Crippen LogP contribution in [0.15, 0.2) is 0 Å². The van der Waals surface area contributed by atoms with Crippen LogP contribution in [0.3, 0.4) is 0 Å². The van der Waals surface area contributed by atoms with Gasteiger partial charge in [-0.15, -0.1) is 0 Å². The highest BCUT2D eigenvalue weighted by atomic mass is 16.2. The number of nitrogens with zero attached hydrogens (tertiary/aromatic N) is 2. The van der Waals surface area contributed by atoms with E-state index in [2.05, 4.69) is 23.6 Å². The van der Waals surface area contributed by atoms with E-state index in [0.29, 0.717) is 24.4 Å². The van der Waals surface area contributed by atoms with E-state index in [1.165, 1.54) is 45.3 Å². The van der Waals surface area contributed by atoms with Gasteiger partial charge in [0.25, 0.3) is 0 Å². The summed E-state index contributed by atoms with van der Waals surface area (Å²) in [5, 5.41) is 0. The Morgan fingerprint density at radius 3 is 2.17 bits per heavy atom. The van der Waals surface area contributed by atoms with Crippen molar-refractivity contribution in [3.05, 3.63) is 0 Å². The smallest absolute Gasteiger partial charge is 0.222 e. The van der Waals surface area contributed by atoms with Crippen molar-refractivity contribution < 1.29 is 4.79 Å². The summed E-state index contributed by atoms with van der Waals surface area (Å²) in [6.45, 7) is 10.1. The second-order valence-electron chi connectivity index (χ2n) is 6.31. The normalized spacial score (nSPS) is 22.4. The molecule has 104 valence electrons. The van der Waals surface area contributed by atoms with Crippen LogP contribution in [0.4, 0.5) is 0 Å². The fourth-order valence-electron chi connectivity index (χ4n) is 3.14. The Morgan fingerprint density at radius 2 is 1.72 bits per heavy atom. The maximum absolute atomic E-state index is 12.1. The van der Waals surface area contributed by atoms with E-state index in [4.69, 9.17) is 0 Å². The van der Waals surface area contributed by atoms with Gasteiger partial charge in [0.15, 0.2) is 0 Å². The third-order valence-corrected chi connectivity index (χ3v) is 4.10. The molecule has 0 spiro atoms. The summed E-state index contributed by atoms with van der Waals surface area (Å²) in [5.74, 6) is 1.12. The SMILES string of the molecule is CCC(=O)N(C1CC1)C1CCN(CC(C)C)CC1. The molecule has 0 bridgehead atoms. The Bertz CT molecular complexity index is 278. The Labute approximate surface area is 112 Å². The number of carbonyl (C=O) groups is 1. The largest absolute Gasteiger partial charge is 0.337 e. The average molecular weight is 252 g/mol. The van der Waals surface area contributed by atoms with Crippen LogP contribution in [0.2, 0.25) is 0 Å². The van der Waals surface area contributed by atoms with Crippen LogP contribution >= 0.6 is 0 Å². The van der Waals surface area contributed by atoms with Gasteiger partial charge in [0, 0.05) is 38.1 Å². The molecule has 1 aliphatic heterocycles. The Balaban J connectivity index is 1.85. The highest BCUT2D eigenvalue weighted by Gasteiger charge is 2.37. The predicted octanol–water partition coefficient (Wildman–Crippen LogP) is 2.51. The maximum atomic E-state index is 12.1. The molecule has 0 aromatic rings. The molecular weight excluding hydrogens is 224 g/mol. The van der Waals surface area contributed by atoms with Crippen molar-refractivity contribution in [3.63, 3.8) is 0 Å². The minimum atomic E-state index is 0.375. The van der Waals surface area contributed by atoms with Gasteiger partial charge in [0.1, 0.15) is 0 Å². The van der Waals surface area contributed by atoms with Crippen molar-refractivity contribution in [3.8, 4) is 0 Å². The minimum absolute atomic E-state index is 0.375. The lowest BCUT2D eigenvalue weighted by Crippen LogP contribution is -2.48. The average Bonchev–Trinajstić information content (AvgIpc) is 3.15. The highest BCUT2D eigenvalue weighted by Crippen LogP contribution is 2.32. The standard InChI is InChI=1S/C15H28N2O/c1-4-15(18)17(13-5-6-13)14-7-9-16(10-8-14)11-12(2)3/h12-14H,4-11H2,1-3H3. The van der Waals surface area contributed by atoms with Gasteiger partial charge in [-0.3, -0.25) is 4.79 Å². The number of carbonyl (C=O) groups excluding carboxylic acids is 1. The topological polar surface area (TPSA) is 23.6 Å². The molecule has 3 nitrogen and oxygen atoms in total. The van der Waals surface area contributed by atoms with E-state index < -0.39 is 0 Å². The van der Waals surface area contributed by atoms with Crippen LogP contribution < -0.4 is 0 Å². The number of hydrogen-bond donors (Lipinski definition) is 0. The molecule has 1 saturated carbocycles. The fraction of sp³-hybridized carbons (Fsp3) is 0.933. The van der Waals surface area contributed by atoms with Crippen molar-refractivity contribution in [1.82, 2.24) is 9.80 Å². The van der Waals surface area contributed by atoms with Crippen molar-refractivity contribution in [2.75, 3.05) is 19.6 Å². The molecule has 0 N–H and O–H groups in total. The summed E-state index contributed by atoms with van der Waals surface area (Å²) in [4.78, 5) is 16.9. The van der Waals surface area contributed by atoms with Gasteiger partial charge >= 0.3 is 0 Å². The molecular formula is C15H28N2O. The Hall–Kier alpha value is -0.570. The summed E-state index contributed by atoms with van der Waals surface area (Å²) in [6.07, 6.45) is 5.49. The van der Waals surface area contributed by atoms with Crippen LogP contribution in [0, 0.1) is 5.92 Å². The van der Waals surface area contributed by atoms with Crippen LogP contribution in [-0.2, 0) is 4.79 Å². The molecule has 0 radical (unpaired) electrons. The maximum Gasteiger partial charge on any atom is 0.222 e. The van der Waals surface area contributed by atoms with Crippen LogP contribution in [-0.4, -0.2) is 47.4 Å². The zero-order chi connectivity index (χ0) is 13.1. The first kappa shape index (κ1) is 13.9. The van der Waals surface area contributed by atoms with E-state index >= 15 is 0 Å². The second-order valence-corrected chi connectivity index (χ2v) is 6.31. The first-order valence-corrected chi connectivity index (χ1v) is 7.65.